The average molecular weight is 274 g/mol. The molecule has 1 aliphatic carbocycles. The molecule has 0 aliphatic heterocycles. The van der Waals surface area contributed by atoms with E-state index in [2.05, 4.69) is 37.4 Å². The van der Waals surface area contributed by atoms with Crippen LogP contribution in [0.2, 0.25) is 0 Å². The van der Waals surface area contributed by atoms with Gasteiger partial charge in [0.25, 0.3) is 0 Å². The maximum atomic E-state index is 4.71. The van der Waals surface area contributed by atoms with Crippen LogP contribution in [0.15, 0.2) is 18.2 Å². The molecule has 1 N–H and O–H groups in total. The van der Waals surface area contributed by atoms with Crippen molar-refractivity contribution < 1.29 is 0 Å². The summed E-state index contributed by atoms with van der Waals surface area (Å²) in [5.74, 6) is 0. The fourth-order valence-corrected chi connectivity index (χ4v) is 4.00. The highest BCUT2D eigenvalue weighted by molar-refractivity contribution is 7.22. The van der Waals surface area contributed by atoms with E-state index in [0.717, 1.165) is 17.2 Å². The van der Waals surface area contributed by atoms with Crippen LogP contribution in [0.1, 0.15) is 44.6 Å². The number of aromatic nitrogens is 1. The molecule has 0 atom stereocenters. The van der Waals surface area contributed by atoms with Gasteiger partial charge in [-0.1, -0.05) is 37.2 Å². The van der Waals surface area contributed by atoms with Crippen molar-refractivity contribution in [2.45, 2.75) is 46.0 Å². The first-order chi connectivity index (χ1) is 9.21. The zero-order valence-electron chi connectivity index (χ0n) is 11.8. The summed E-state index contributed by atoms with van der Waals surface area (Å²) < 4.78 is 1.28. The molecule has 0 radical (unpaired) electrons. The number of nitrogens with zero attached hydrogens (tertiary/aromatic N) is 1. The number of rotatable bonds is 4. The van der Waals surface area contributed by atoms with Crippen molar-refractivity contribution in [2.24, 2.45) is 5.41 Å². The summed E-state index contributed by atoms with van der Waals surface area (Å²) in [5.41, 5.74) is 2.93. The molecule has 0 amide bonds. The summed E-state index contributed by atoms with van der Waals surface area (Å²) in [6.45, 7) is 5.54. The predicted octanol–water partition coefficient (Wildman–Crippen LogP) is 4.99. The molecule has 102 valence electrons. The van der Waals surface area contributed by atoms with Crippen molar-refractivity contribution >= 4 is 26.7 Å². The number of hydrogen-bond acceptors (Lipinski definition) is 3. The Bertz CT molecular complexity index is 567. The lowest BCUT2D eigenvalue weighted by atomic mass is 9.83. The van der Waals surface area contributed by atoms with Crippen LogP contribution < -0.4 is 5.32 Å². The van der Waals surface area contributed by atoms with E-state index < -0.39 is 0 Å². The smallest absolute Gasteiger partial charge is 0.183 e. The van der Waals surface area contributed by atoms with Gasteiger partial charge < -0.3 is 5.32 Å². The molecule has 0 saturated heterocycles. The van der Waals surface area contributed by atoms with Crippen LogP contribution in [0, 0.1) is 12.3 Å². The second-order valence-electron chi connectivity index (χ2n) is 5.90. The molecule has 1 aromatic carbocycles. The van der Waals surface area contributed by atoms with Crippen LogP contribution in [0.4, 0.5) is 5.13 Å². The number of fused-ring (bicyclic) bond motifs is 1. The minimum atomic E-state index is 0.522. The molecule has 0 spiro atoms. The second kappa shape index (κ2) is 5.12. The van der Waals surface area contributed by atoms with Crippen LogP contribution in [-0.4, -0.2) is 11.5 Å². The summed E-state index contributed by atoms with van der Waals surface area (Å²) in [4.78, 5) is 4.71. The molecule has 1 saturated carbocycles. The topological polar surface area (TPSA) is 24.9 Å². The molecule has 1 fully saturated rings. The van der Waals surface area contributed by atoms with Gasteiger partial charge in [-0.25, -0.2) is 4.98 Å². The van der Waals surface area contributed by atoms with Crippen LogP contribution in [0.3, 0.4) is 0 Å². The number of aryl methyl sites for hydroxylation is 1. The highest BCUT2D eigenvalue weighted by Gasteiger charge is 2.31. The first-order valence-corrected chi connectivity index (χ1v) is 8.13. The zero-order chi connectivity index (χ0) is 13.3. The van der Waals surface area contributed by atoms with Crippen molar-refractivity contribution in [3.05, 3.63) is 23.8 Å². The highest BCUT2D eigenvalue weighted by Crippen LogP contribution is 2.41. The van der Waals surface area contributed by atoms with Gasteiger partial charge in [0, 0.05) is 6.54 Å². The SMILES string of the molecule is CCC1(CNc2nc3cc(C)ccc3s2)CCCC1. The third kappa shape index (κ3) is 2.62. The Hall–Kier alpha value is -1.09. The molecule has 3 heteroatoms. The number of hydrogen-bond donors (Lipinski definition) is 1. The van der Waals surface area contributed by atoms with Gasteiger partial charge in [-0.3, -0.25) is 0 Å². The Morgan fingerprint density at radius 1 is 1.32 bits per heavy atom. The molecule has 2 aromatic rings. The van der Waals surface area contributed by atoms with Crippen LogP contribution >= 0.6 is 11.3 Å². The maximum Gasteiger partial charge on any atom is 0.183 e. The molecule has 1 aromatic heterocycles. The molecular weight excluding hydrogens is 252 g/mol. The lowest BCUT2D eigenvalue weighted by molar-refractivity contribution is 0.307. The van der Waals surface area contributed by atoms with Crippen molar-refractivity contribution in [1.29, 1.82) is 0 Å². The zero-order valence-corrected chi connectivity index (χ0v) is 12.6. The third-order valence-corrected chi connectivity index (χ3v) is 5.57. The van der Waals surface area contributed by atoms with Gasteiger partial charge in [0.2, 0.25) is 0 Å². The van der Waals surface area contributed by atoms with Gasteiger partial charge in [0.1, 0.15) is 0 Å². The minimum absolute atomic E-state index is 0.522. The molecule has 1 aliphatic rings. The Labute approximate surface area is 119 Å². The summed E-state index contributed by atoms with van der Waals surface area (Å²) in [7, 11) is 0. The van der Waals surface area contributed by atoms with E-state index >= 15 is 0 Å². The van der Waals surface area contributed by atoms with E-state index in [4.69, 9.17) is 4.98 Å². The molecule has 3 rings (SSSR count). The molecule has 0 bridgehead atoms. The number of thiazole rings is 1. The predicted molar refractivity (Wildman–Crippen MR) is 84.0 cm³/mol. The second-order valence-corrected chi connectivity index (χ2v) is 6.94. The minimum Gasteiger partial charge on any atom is -0.361 e. The monoisotopic (exact) mass is 274 g/mol. The van der Waals surface area contributed by atoms with Gasteiger partial charge in [-0.2, -0.15) is 0 Å². The Morgan fingerprint density at radius 3 is 2.84 bits per heavy atom. The van der Waals surface area contributed by atoms with Gasteiger partial charge in [-0.05, 0) is 49.3 Å². The lowest BCUT2D eigenvalue weighted by Crippen LogP contribution is -2.25. The van der Waals surface area contributed by atoms with Gasteiger partial charge >= 0.3 is 0 Å². The van der Waals surface area contributed by atoms with Gasteiger partial charge in [0.05, 0.1) is 10.2 Å². The van der Waals surface area contributed by atoms with E-state index in [9.17, 15) is 0 Å². The standard InChI is InChI=1S/C16H22N2S/c1-3-16(8-4-5-9-16)11-17-15-18-13-10-12(2)6-7-14(13)19-15/h6-7,10H,3-5,8-9,11H2,1-2H3,(H,17,18). The van der Waals surface area contributed by atoms with Crippen molar-refractivity contribution in [3.8, 4) is 0 Å². The van der Waals surface area contributed by atoms with Crippen molar-refractivity contribution in [2.75, 3.05) is 11.9 Å². The van der Waals surface area contributed by atoms with Crippen molar-refractivity contribution in [3.63, 3.8) is 0 Å². The first-order valence-electron chi connectivity index (χ1n) is 7.32. The summed E-state index contributed by atoms with van der Waals surface area (Å²) in [6.07, 6.45) is 6.83. The first kappa shape index (κ1) is 12.9. The highest BCUT2D eigenvalue weighted by atomic mass is 32.1. The summed E-state index contributed by atoms with van der Waals surface area (Å²) >= 11 is 1.78. The van der Waals surface area contributed by atoms with Gasteiger partial charge in [0.15, 0.2) is 5.13 Å². The number of benzene rings is 1. The Balaban J connectivity index is 1.74. The number of nitrogens with one attached hydrogen (secondary N) is 1. The maximum absolute atomic E-state index is 4.71. The third-order valence-electron chi connectivity index (χ3n) is 4.57. The van der Waals surface area contributed by atoms with Crippen LogP contribution in [0.5, 0.6) is 0 Å². The van der Waals surface area contributed by atoms with E-state index in [1.165, 1.54) is 42.4 Å². The number of anilines is 1. The molecule has 0 unspecified atom stereocenters. The fraction of sp³-hybridized carbons (Fsp3) is 0.562. The fourth-order valence-electron chi connectivity index (χ4n) is 3.16. The normalized spacial score (nSPS) is 18.0. The van der Waals surface area contributed by atoms with Crippen molar-refractivity contribution in [1.82, 2.24) is 4.98 Å². The van der Waals surface area contributed by atoms with E-state index in [-0.39, 0.29) is 0 Å². The lowest BCUT2D eigenvalue weighted by Gasteiger charge is -2.27. The van der Waals surface area contributed by atoms with E-state index in [0.29, 0.717) is 5.41 Å². The summed E-state index contributed by atoms with van der Waals surface area (Å²) in [5, 5.41) is 4.68. The largest absolute Gasteiger partial charge is 0.361 e. The van der Waals surface area contributed by atoms with E-state index in [1.54, 1.807) is 11.3 Å². The quantitative estimate of drug-likeness (QED) is 0.850. The van der Waals surface area contributed by atoms with Crippen LogP contribution in [-0.2, 0) is 0 Å². The van der Waals surface area contributed by atoms with Crippen LogP contribution in [0.25, 0.3) is 10.2 Å². The summed E-state index contributed by atoms with van der Waals surface area (Å²) in [6, 6.07) is 6.51. The Morgan fingerprint density at radius 2 is 2.11 bits per heavy atom. The molecule has 19 heavy (non-hydrogen) atoms. The van der Waals surface area contributed by atoms with Gasteiger partial charge in [-0.15, -0.1) is 0 Å². The van der Waals surface area contributed by atoms with E-state index in [1.807, 2.05) is 0 Å². The molecule has 1 heterocycles. The molecular formula is C16H22N2S. The Kier molecular flexibility index (Phi) is 3.48. The molecule has 2 nitrogen and oxygen atoms in total. The average Bonchev–Trinajstić information content (AvgIpc) is 3.02.